The quantitative estimate of drug-likeness (QED) is 0.859. The summed E-state index contributed by atoms with van der Waals surface area (Å²) in [7, 11) is 0. The third kappa shape index (κ3) is 1.82. The van der Waals surface area contributed by atoms with Gasteiger partial charge in [-0.1, -0.05) is 0 Å². The average Bonchev–Trinajstić information content (AvgIpc) is 2.07. The SMILES string of the molecule is Nc1ncc(Br)c(C(=O)O)c1C(F)F. The van der Waals surface area contributed by atoms with Crippen molar-refractivity contribution in [3.8, 4) is 0 Å². The summed E-state index contributed by atoms with van der Waals surface area (Å²) in [5.41, 5.74) is 3.85. The number of hydrogen-bond donors (Lipinski definition) is 2. The fraction of sp³-hybridized carbons (Fsp3) is 0.143. The zero-order valence-electron chi connectivity index (χ0n) is 6.67. The number of pyridine rings is 1. The predicted octanol–water partition coefficient (Wildman–Crippen LogP) is 2.06. The van der Waals surface area contributed by atoms with E-state index in [2.05, 4.69) is 20.9 Å². The number of carboxylic acid groups (broad SMARTS) is 1. The van der Waals surface area contributed by atoms with E-state index in [-0.39, 0.29) is 4.47 Å². The number of aromatic nitrogens is 1. The van der Waals surface area contributed by atoms with Gasteiger partial charge in [-0.25, -0.2) is 18.6 Å². The van der Waals surface area contributed by atoms with Crippen molar-refractivity contribution in [1.82, 2.24) is 4.98 Å². The maximum atomic E-state index is 12.4. The van der Waals surface area contributed by atoms with Crippen molar-refractivity contribution in [1.29, 1.82) is 0 Å². The van der Waals surface area contributed by atoms with E-state index >= 15 is 0 Å². The van der Waals surface area contributed by atoms with Crippen LogP contribution in [-0.4, -0.2) is 16.1 Å². The Morgan fingerprint density at radius 3 is 2.57 bits per heavy atom. The lowest BCUT2D eigenvalue weighted by Crippen LogP contribution is -2.09. The number of nitrogens with two attached hydrogens (primary N) is 1. The van der Waals surface area contributed by atoms with E-state index in [1.807, 2.05) is 0 Å². The molecule has 0 radical (unpaired) electrons. The van der Waals surface area contributed by atoms with E-state index in [1.54, 1.807) is 0 Å². The van der Waals surface area contributed by atoms with Gasteiger partial charge in [-0.2, -0.15) is 0 Å². The van der Waals surface area contributed by atoms with E-state index in [4.69, 9.17) is 10.8 Å². The van der Waals surface area contributed by atoms with Crippen LogP contribution in [0.3, 0.4) is 0 Å². The molecule has 76 valence electrons. The minimum atomic E-state index is -2.97. The highest BCUT2D eigenvalue weighted by atomic mass is 79.9. The van der Waals surface area contributed by atoms with Gasteiger partial charge in [-0.05, 0) is 15.9 Å². The highest BCUT2D eigenvalue weighted by molar-refractivity contribution is 9.10. The van der Waals surface area contributed by atoms with Crippen molar-refractivity contribution in [3.63, 3.8) is 0 Å². The molecule has 0 aliphatic rings. The summed E-state index contributed by atoms with van der Waals surface area (Å²) in [4.78, 5) is 14.1. The number of carboxylic acids is 1. The standard InChI is InChI=1S/C7H5BrF2N2O2/c8-2-1-12-6(11)4(5(9)10)3(2)7(13)14/h1,5H,(H2,11,12)(H,13,14). The first-order valence-corrected chi connectivity index (χ1v) is 4.19. The fourth-order valence-electron chi connectivity index (χ4n) is 0.955. The minimum Gasteiger partial charge on any atom is -0.478 e. The Labute approximate surface area is 85.9 Å². The molecule has 1 aromatic rings. The molecule has 0 atom stereocenters. The van der Waals surface area contributed by atoms with Crippen LogP contribution in [0.4, 0.5) is 14.6 Å². The van der Waals surface area contributed by atoms with Crippen molar-refractivity contribution in [2.24, 2.45) is 0 Å². The molecule has 0 saturated carbocycles. The maximum absolute atomic E-state index is 12.4. The van der Waals surface area contributed by atoms with Gasteiger partial charge < -0.3 is 10.8 Å². The van der Waals surface area contributed by atoms with Gasteiger partial charge in [-0.3, -0.25) is 0 Å². The molecule has 0 fully saturated rings. The molecular weight excluding hydrogens is 262 g/mol. The summed E-state index contributed by atoms with van der Waals surface area (Å²) < 4.78 is 24.8. The summed E-state index contributed by atoms with van der Waals surface area (Å²) in [5.74, 6) is -1.94. The smallest absolute Gasteiger partial charge is 0.337 e. The molecule has 0 aliphatic carbocycles. The first kappa shape index (κ1) is 10.8. The van der Waals surface area contributed by atoms with Crippen LogP contribution in [0.5, 0.6) is 0 Å². The van der Waals surface area contributed by atoms with Crippen LogP contribution in [0.1, 0.15) is 22.3 Å². The van der Waals surface area contributed by atoms with Crippen molar-refractivity contribution in [2.75, 3.05) is 5.73 Å². The second kappa shape index (κ2) is 3.87. The fourth-order valence-corrected chi connectivity index (χ4v) is 1.44. The van der Waals surface area contributed by atoms with Crippen LogP contribution in [0, 0.1) is 0 Å². The molecule has 0 aliphatic heterocycles. The number of halogens is 3. The van der Waals surface area contributed by atoms with Gasteiger partial charge >= 0.3 is 5.97 Å². The van der Waals surface area contributed by atoms with Crippen molar-refractivity contribution < 1.29 is 18.7 Å². The second-order valence-corrected chi connectivity index (χ2v) is 3.24. The van der Waals surface area contributed by atoms with E-state index in [1.165, 1.54) is 0 Å². The molecule has 4 nitrogen and oxygen atoms in total. The van der Waals surface area contributed by atoms with Crippen LogP contribution in [0.2, 0.25) is 0 Å². The highest BCUT2D eigenvalue weighted by Crippen LogP contribution is 2.31. The zero-order chi connectivity index (χ0) is 10.9. The Bertz CT molecular complexity index is 384. The number of nitrogen functional groups attached to an aromatic ring is 1. The largest absolute Gasteiger partial charge is 0.478 e. The number of rotatable bonds is 2. The predicted molar refractivity (Wildman–Crippen MR) is 48.3 cm³/mol. The number of alkyl halides is 2. The van der Waals surface area contributed by atoms with Gasteiger partial charge in [0.05, 0.1) is 15.6 Å². The molecule has 0 aromatic carbocycles. The number of anilines is 1. The Morgan fingerprint density at radius 2 is 2.21 bits per heavy atom. The van der Waals surface area contributed by atoms with Crippen LogP contribution >= 0.6 is 15.9 Å². The highest BCUT2D eigenvalue weighted by Gasteiger charge is 2.24. The van der Waals surface area contributed by atoms with Gasteiger partial charge in [0.25, 0.3) is 6.43 Å². The molecule has 0 spiro atoms. The van der Waals surface area contributed by atoms with Gasteiger partial charge in [0.1, 0.15) is 5.82 Å². The summed E-state index contributed by atoms with van der Waals surface area (Å²) in [6.07, 6.45) is -1.89. The molecule has 0 bridgehead atoms. The number of nitrogens with zero attached hydrogens (tertiary/aromatic N) is 1. The summed E-state index contributed by atoms with van der Waals surface area (Å²) in [6, 6.07) is 0. The lowest BCUT2D eigenvalue weighted by Gasteiger charge is -2.08. The topological polar surface area (TPSA) is 76.2 Å². The molecule has 7 heteroatoms. The third-order valence-electron chi connectivity index (χ3n) is 1.53. The molecule has 0 saturated heterocycles. The number of aromatic carboxylic acids is 1. The van der Waals surface area contributed by atoms with Crippen LogP contribution < -0.4 is 5.73 Å². The van der Waals surface area contributed by atoms with E-state index in [0.717, 1.165) is 6.20 Å². The molecule has 1 aromatic heterocycles. The Morgan fingerprint density at radius 1 is 1.64 bits per heavy atom. The van der Waals surface area contributed by atoms with Gasteiger partial charge in [0.2, 0.25) is 0 Å². The molecule has 0 amide bonds. The van der Waals surface area contributed by atoms with Gasteiger partial charge in [0, 0.05) is 6.20 Å². The van der Waals surface area contributed by atoms with Crippen molar-refractivity contribution in [3.05, 3.63) is 21.8 Å². The third-order valence-corrected chi connectivity index (χ3v) is 2.13. The first-order valence-electron chi connectivity index (χ1n) is 3.40. The summed E-state index contributed by atoms with van der Waals surface area (Å²) in [5, 5.41) is 8.67. The molecule has 3 N–H and O–H groups in total. The van der Waals surface area contributed by atoms with Crippen molar-refractivity contribution >= 4 is 27.7 Å². The van der Waals surface area contributed by atoms with Gasteiger partial charge in [0.15, 0.2) is 0 Å². The van der Waals surface area contributed by atoms with E-state index in [9.17, 15) is 13.6 Å². The van der Waals surface area contributed by atoms with Gasteiger partial charge in [-0.15, -0.1) is 0 Å². The number of carbonyl (C=O) groups is 1. The van der Waals surface area contributed by atoms with Crippen LogP contribution in [0.25, 0.3) is 0 Å². The normalized spacial score (nSPS) is 10.6. The Kier molecular flexibility index (Phi) is 3.00. The number of hydrogen-bond acceptors (Lipinski definition) is 3. The van der Waals surface area contributed by atoms with E-state index < -0.39 is 29.3 Å². The average molecular weight is 267 g/mol. The lowest BCUT2D eigenvalue weighted by atomic mass is 10.1. The molecule has 14 heavy (non-hydrogen) atoms. The van der Waals surface area contributed by atoms with E-state index in [0.29, 0.717) is 0 Å². The zero-order valence-corrected chi connectivity index (χ0v) is 8.25. The Balaban J connectivity index is 3.50. The molecule has 0 unspecified atom stereocenters. The lowest BCUT2D eigenvalue weighted by molar-refractivity contribution is 0.0683. The van der Waals surface area contributed by atoms with Crippen LogP contribution in [-0.2, 0) is 0 Å². The Hall–Kier alpha value is -1.24. The van der Waals surface area contributed by atoms with Crippen LogP contribution in [0.15, 0.2) is 10.7 Å². The monoisotopic (exact) mass is 266 g/mol. The summed E-state index contributed by atoms with van der Waals surface area (Å²) >= 11 is 2.82. The molecule has 1 heterocycles. The van der Waals surface area contributed by atoms with Crippen molar-refractivity contribution in [2.45, 2.75) is 6.43 Å². The molecular formula is C7H5BrF2N2O2. The molecule has 1 rings (SSSR count). The minimum absolute atomic E-state index is 0.0190. The maximum Gasteiger partial charge on any atom is 0.337 e. The second-order valence-electron chi connectivity index (χ2n) is 2.39. The summed E-state index contributed by atoms with van der Waals surface area (Å²) in [6.45, 7) is 0. The first-order chi connectivity index (χ1) is 6.45.